The molecule has 1 aromatic carbocycles. The number of thiophene rings is 1. The van der Waals surface area contributed by atoms with Gasteiger partial charge in [0.2, 0.25) is 5.91 Å². The van der Waals surface area contributed by atoms with Crippen molar-refractivity contribution >= 4 is 27.5 Å². The number of benzene rings is 1. The Kier molecular flexibility index (Phi) is 6.00. The van der Waals surface area contributed by atoms with Crippen LogP contribution >= 0.6 is 11.3 Å². The number of ether oxygens (including phenoxy) is 1. The lowest BCUT2D eigenvalue weighted by Crippen LogP contribution is -2.47. The van der Waals surface area contributed by atoms with Gasteiger partial charge in [0.15, 0.2) is 0 Å². The molecular formula is C23H27N3O4S. The summed E-state index contributed by atoms with van der Waals surface area (Å²) in [6.45, 7) is 5.70. The standard InChI is InChI=1S/C23H27N3O4S/c1-15-10-16(2)12-24(11-15)20(27)14-25-18-8-9-31-21(18)22(28)26(23(25)29)13-17-6-4-5-7-19(17)30-3/h4-9,15-16H,10-14H2,1-3H3/t15-,16-/m0/s1. The lowest BCUT2D eigenvalue weighted by Gasteiger charge is -2.35. The molecule has 1 saturated heterocycles. The van der Waals surface area contributed by atoms with Gasteiger partial charge in [-0.3, -0.25) is 18.7 Å². The van der Waals surface area contributed by atoms with Gasteiger partial charge in [-0.1, -0.05) is 32.0 Å². The smallest absolute Gasteiger partial charge is 0.332 e. The normalized spacial score (nSPS) is 19.0. The van der Waals surface area contributed by atoms with Crippen LogP contribution in [0.15, 0.2) is 45.3 Å². The predicted octanol–water partition coefficient (Wildman–Crippen LogP) is 2.79. The van der Waals surface area contributed by atoms with Gasteiger partial charge in [0.05, 0.1) is 19.2 Å². The van der Waals surface area contributed by atoms with E-state index in [0.29, 0.717) is 40.9 Å². The molecule has 2 aromatic heterocycles. The first-order valence-electron chi connectivity index (χ1n) is 10.5. The van der Waals surface area contributed by atoms with Crippen molar-refractivity contribution in [2.75, 3.05) is 20.2 Å². The van der Waals surface area contributed by atoms with Crippen molar-refractivity contribution < 1.29 is 9.53 Å². The van der Waals surface area contributed by atoms with Crippen LogP contribution in [0, 0.1) is 11.8 Å². The average Bonchev–Trinajstić information content (AvgIpc) is 3.23. The van der Waals surface area contributed by atoms with Crippen molar-refractivity contribution in [3.63, 3.8) is 0 Å². The molecular weight excluding hydrogens is 414 g/mol. The van der Waals surface area contributed by atoms with Crippen molar-refractivity contribution in [2.45, 2.75) is 33.4 Å². The minimum Gasteiger partial charge on any atom is -0.496 e. The van der Waals surface area contributed by atoms with Gasteiger partial charge in [-0.25, -0.2) is 4.79 Å². The van der Waals surface area contributed by atoms with E-state index in [1.165, 1.54) is 20.5 Å². The number of carbonyl (C=O) groups excluding carboxylic acids is 1. The number of fused-ring (bicyclic) bond motifs is 1. The van der Waals surface area contributed by atoms with E-state index in [0.717, 1.165) is 12.0 Å². The van der Waals surface area contributed by atoms with Crippen molar-refractivity contribution in [1.29, 1.82) is 0 Å². The number of nitrogens with zero attached hydrogens (tertiary/aromatic N) is 3. The molecule has 0 radical (unpaired) electrons. The Bertz CT molecular complexity index is 1220. The van der Waals surface area contributed by atoms with Crippen molar-refractivity contribution in [2.24, 2.45) is 11.8 Å². The van der Waals surface area contributed by atoms with Crippen molar-refractivity contribution in [3.05, 3.63) is 62.1 Å². The number of hydrogen-bond acceptors (Lipinski definition) is 5. The maximum absolute atomic E-state index is 13.4. The molecule has 0 spiro atoms. The zero-order valence-corrected chi connectivity index (χ0v) is 18.9. The van der Waals surface area contributed by atoms with Crippen LogP contribution < -0.4 is 16.0 Å². The molecule has 0 saturated carbocycles. The average molecular weight is 442 g/mol. The molecule has 7 nitrogen and oxygen atoms in total. The molecule has 1 aliphatic heterocycles. The monoisotopic (exact) mass is 441 g/mol. The van der Waals surface area contributed by atoms with E-state index in [1.54, 1.807) is 24.6 Å². The van der Waals surface area contributed by atoms with Crippen molar-refractivity contribution in [1.82, 2.24) is 14.0 Å². The zero-order chi connectivity index (χ0) is 22.1. The number of aromatic nitrogens is 2. The first kappa shape index (κ1) is 21.4. The van der Waals surface area contributed by atoms with E-state index in [1.807, 2.05) is 23.1 Å². The lowest BCUT2D eigenvalue weighted by molar-refractivity contribution is -0.134. The summed E-state index contributed by atoms with van der Waals surface area (Å²) in [5.41, 5.74) is 0.428. The molecule has 1 aliphatic rings. The Morgan fingerprint density at radius 2 is 1.81 bits per heavy atom. The molecule has 3 aromatic rings. The van der Waals surface area contributed by atoms with Gasteiger partial charge in [0.25, 0.3) is 5.56 Å². The molecule has 8 heteroatoms. The summed E-state index contributed by atoms with van der Waals surface area (Å²) >= 11 is 1.29. The first-order chi connectivity index (χ1) is 14.9. The lowest BCUT2D eigenvalue weighted by atomic mass is 9.92. The van der Waals surface area contributed by atoms with Gasteiger partial charge in [-0.15, -0.1) is 11.3 Å². The summed E-state index contributed by atoms with van der Waals surface area (Å²) in [7, 11) is 1.56. The summed E-state index contributed by atoms with van der Waals surface area (Å²) in [4.78, 5) is 41.4. The molecule has 4 rings (SSSR count). The third-order valence-corrected chi connectivity index (χ3v) is 6.76. The molecule has 0 aliphatic carbocycles. The highest BCUT2D eigenvalue weighted by atomic mass is 32.1. The molecule has 3 heterocycles. The number of carbonyl (C=O) groups is 1. The highest BCUT2D eigenvalue weighted by molar-refractivity contribution is 7.17. The SMILES string of the molecule is COc1ccccc1Cn1c(=O)c2sccc2n(CC(=O)N2C[C@@H](C)C[C@H](C)C2)c1=O. The Balaban J connectivity index is 1.74. The fourth-order valence-electron chi connectivity index (χ4n) is 4.53. The van der Waals surface area contributed by atoms with Crippen LogP contribution in [-0.4, -0.2) is 40.1 Å². The Labute approximate surface area is 184 Å². The molecule has 1 amide bonds. The van der Waals surface area contributed by atoms with E-state index >= 15 is 0 Å². The second-order valence-corrected chi connectivity index (χ2v) is 9.37. The molecule has 0 N–H and O–H groups in total. The first-order valence-corrected chi connectivity index (χ1v) is 11.4. The summed E-state index contributed by atoms with van der Waals surface area (Å²) in [6, 6.07) is 9.05. The molecule has 1 fully saturated rings. The second-order valence-electron chi connectivity index (χ2n) is 8.45. The fraction of sp³-hybridized carbons (Fsp3) is 0.435. The van der Waals surface area contributed by atoms with Gasteiger partial charge in [-0.05, 0) is 35.8 Å². The van der Waals surface area contributed by atoms with Gasteiger partial charge in [0.1, 0.15) is 17.0 Å². The van der Waals surface area contributed by atoms with E-state index < -0.39 is 5.69 Å². The van der Waals surface area contributed by atoms with E-state index in [2.05, 4.69) is 13.8 Å². The molecule has 0 bridgehead atoms. The van der Waals surface area contributed by atoms with E-state index in [4.69, 9.17) is 4.74 Å². The molecule has 2 atom stereocenters. The van der Waals surface area contributed by atoms with Crippen LogP contribution in [-0.2, 0) is 17.9 Å². The van der Waals surface area contributed by atoms with Crippen LogP contribution in [0.5, 0.6) is 5.75 Å². The largest absolute Gasteiger partial charge is 0.496 e. The predicted molar refractivity (Wildman–Crippen MR) is 122 cm³/mol. The van der Waals surface area contributed by atoms with E-state index in [-0.39, 0.29) is 24.6 Å². The van der Waals surface area contributed by atoms with Crippen LogP contribution in [0.3, 0.4) is 0 Å². The maximum atomic E-state index is 13.4. The third kappa shape index (κ3) is 4.17. The molecule has 0 unspecified atom stereocenters. The Morgan fingerprint density at radius 1 is 1.10 bits per heavy atom. The van der Waals surface area contributed by atoms with Crippen LogP contribution in [0.1, 0.15) is 25.8 Å². The summed E-state index contributed by atoms with van der Waals surface area (Å²) in [5, 5.41) is 1.78. The Hall–Kier alpha value is -2.87. The number of rotatable bonds is 5. The topological polar surface area (TPSA) is 73.5 Å². The zero-order valence-electron chi connectivity index (χ0n) is 18.0. The Morgan fingerprint density at radius 3 is 2.52 bits per heavy atom. The van der Waals surface area contributed by atoms with Crippen LogP contribution in [0.2, 0.25) is 0 Å². The second kappa shape index (κ2) is 8.70. The highest BCUT2D eigenvalue weighted by Gasteiger charge is 2.26. The number of para-hydroxylation sites is 1. The number of amides is 1. The number of hydrogen-bond donors (Lipinski definition) is 0. The molecule has 164 valence electrons. The van der Waals surface area contributed by atoms with Gasteiger partial charge >= 0.3 is 5.69 Å². The van der Waals surface area contributed by atoms with Gasteiger partial charge < -0.3 is 9.64 Å². The summed E-state index contributed by atoms with van der Waals surface area (Å²) in [6.07, 6.45) is 1.10. The summed E-state index contributed by atoms with van der Waals surface area (Å²) < 4.78 is 8.50. The maximum Gasteiger partial charge on any atom is 0.332 e. The number of piperidine rings is 1. The van der Waals surface area contributed by atoms with Crippen LogP contribution in [0.25, 0.3) is 10.2 Å². The van der Waals surface area contributed by atoms with Crippen molar-refractivity contribution in [3.8, 4) is 5.75 Å². The highest BCUT2D eigenvalue weighted by Crippen LogP contribution is 2.22. The van der Waals surface area contributed by atoms with E-state index in [9.17, 15) is 14.4 Å². The van der Waals surface area contributed by atoms with Crippen LogP contribution in [0.4, 0.5) is 0 Å². The number of likely N-dealkylation sites (tertiary alicyclic amines) is 1. The molecule has 31 heavy (non-hydrogen) atoms. The van der Waals surface area contributed by atoms with Gasteiger partial charge in [0, 0.05) is 18.7 Å². The third-order valence-electron chi connectivity index (χ3n) is 5.87. The summed E-state index contributed by atoms with van der Waals surface area (Å²) in [5.74, 6) is 1.39. The minimum atomic E-state index is -0.478. The fourth-order valence-corrected chi connectivity index (χ4v) is 5.37. The minimum absolute atomic E-state index is 0.0717. The number of methoxy groups -OCH3 is 1. The quantitative estimate of drug-likeness (QED) is 0.610. The van der Waals surface area contributed by atoms with Gasteiger partial charge in [-0.2, -0.15) is 0 Å².